The molecule has 3 nitrogen and oxygen atoms in total. The summed E-state index contributed by atoms with van der Waals surface area (Å²) in [7, 11) is 55.4. The molecular weight excluding hydrogens is 454 g/mol. The Morgan fingerprint density at radius 3 is 1.66 bits per heavy atom. The summed E-state index contributed by atoms with van der Waals surface area (Å²) < 4.78 is 1.78. The summed E-state index contributed by atoms with van der Waals surface area (Å²) in [6.45, 7) is 5.78. The Balaban J connectivity index is 2.17. The number of fused-ring (bicyclic) bond motifs is 1. The van der Waals surface area contributed by atoms with Crippen LogP contribution in [0.5, 0.6) is 0 Å². The predicted octanol–water partition coefficient (Wildman–Crippen LogP) is -6.20. The maximum atomic E-state index is 9.73. The summed E-state index contributed by atoms with van der Waals surface area (Å²) in [6.07, 6.45) is 5.31. The molecule has 1 heterocycles. The van der Waals surface area contributed by atoms with Gasteiger partial charge in [-0.3, -0.25) is 0 Å². The maximum absolute atomic E-state index is 9.73. The van der Waals surface area contributed by atoms with Crippen LogP contribution in [-0.2, 0) is 0 Å². The Bertz CT molecular complexity index is 1620. The molecule has 0 fully saturated rings. The van der Waals surface area contributed by atoms with Crippen molar-refractivity contribution in [3.05, 3.63) is 42.1 Å². The lowest BCUT2D eigenvalue weighted by molar-refractivity contribution is 0.426. The van der Waals surface area contributed by atoms with E-state index in [2.05, 4.69) is 6.58 Å². The van der Waals surface area contributed by atoms with Gasteiger partial charge in [0, 0.05) is 16.6 Å². The number of benzene rings is 3. The molecule has 1 aromatic heterocycles. The number of rotatable bonds is 5. The van der Waals surface area contributed by atoms with E-state index in [0.29, 0.717) is 33.3 Å². The standard InChI is InChI=1S/C25H13B10NO2/c1-3-5-12-10(4-2)11-8-9(35(37)38)6-7-13(11)36(12)25-23(33)18(28)15(19(29)24(25)34)14-16(26)20(30)22(32)21(31)17(14)27/h3-8,37-38H,2H2,1H3/b5-3-. The van der Waals surface area contributed by atoms with Crippen LogP contribution >= 0.6 is 0 Å². The fourth-order valence-corrected chi connectivity index (χ4v) is 4.73. The normalized spacial score (nSPS) is 11.4. The first-order valence-electron chi connectivity index (χ1n) is 11.5. The number of nitrogens with zero attached hydrogens (tertiary/aromatic N) is 1. The average Bonchev–Trinajstić information content (AvgIpc) is 3.19. The Hall–Kier alpha value is -2.75. The summed E-state index contributed by atoms with van der Waals surface area (Å²) >= 11 is 0. The molecule has 0 atom stereocenters. The summed E-state index contributed by atoms with van der Waals surface area (Å²) in [6, 6.07) is 4.93. The third kappa shape index (κ3) is 4.15. The van der Waals surface area contributed by atoms with Gasteiger partial charge in [-0.2, -0.15) is 0 Å². The molecule has 0 unspecified atom stereocenters. The summed E-state index contributed by atoms with van der Waals surface area (Å²) in [5, 5.41) is 20.1. The maximum Gasteiger partial charge on any atom is 0.488 e. The zero-order valence-corrected chi connectivity index (χ0v) is 20.8. The van der Waals surface area contributed by atoms with Crippen molar-refractivity contribution >= 4 is 155 Å². The molecule has 38 heavy (non-hydrogen) atoms. The Morgan fingerprint density at radius 1 is 0.737 bits per heavy atom. The van der Waals surface area contributed by atoms with Crippen molar-refractivity contribution < 1.29 is 10.0 Å². The predicted molar refractivity (Wildman–Crippen MR) is 172 cm³/mol. The van der Waals surface area contributed by atoms with Crippen LogP contribution in [0.2, 0.25) is 0 Å². The van der Waals surface area contributed by atoms with Crippen LogP contribution in [0.1, 0.15) is 18.2 Å². The van der Waals surface area contributed by atoms with Crippen LogP contribution in [-0.4, -0.2) is 92.4 Å². The molecule has 2 N–H and O–H groups in total. The molecule has 0 amide bonds. The minimum absolute atomic E-state index is 0.0241. The van der Waals surface area contributed by atoms with Crippen LogP contribution in [0, 0.1) is 0 Å². The first-order valence-corrected chi connectivity index (χ1v) is 11.5. The molecule has 0 aliphatic heterocycles. The van der Waals surface area contributed by atoms with Crippen LogP contribution in [0.15, 0.2) is 30.9 Å². The molecule has 4 rings (SSSR count). The Kier molecular flexibility index (Phi) is 7.76. The SMILES string of the molecule is [B]c1c([B])c([B])c(-c2c([B])c([B])c(-n3c(/C=C\C)c(C=C)c4cc(B(O)O)ccc43)c([B])c2[B])c([B])c1[B]. The van der Waals surface area contributed by atoms with Gasteiger partial charge in [-0.1, -0.05) is 63.6 Å². The number of aromatic nitrogens is 1. The van der Waals surface area contributed by atoms with E-state index in [1.165, 1.54) is 0 Å². The third-order valence-electron chi connectivity index (χ3n) is 6.70. The van der Waals surface area contributed by atoms with Gasteiger partial charge in [-0.25, -0.2) is 0 Å². The second kappa shape index (κ2) is 10.4. The van der Waals surface area contributed by atoms with Crippen molar-refractivity contribution in [2.75, 3.05) is 0 Å². The Labute approximate surface area is 235 Å². The van der Waals surface area contributed by atoms with Crippen molar-refractivity contribution in [3.63, 3.8) is 0 Å². The monoisotopic (exact) mass is 469 g/mol. The lowest BCUT2D eigenvalue weighted by Gasteiger charge is -2.29. The smallest absolute Gasteiger partial charge is 0.423 e. The largest absolute Gasteiger partial charge is 0.488 e. The third-order valence-corrected chi connectivity index (χ3v) is 6.70. The summed E-state index contributed by atoms with van der Waals surface area (Å²) in [5.74, 6) is 0. The highest BCUT2D eigenvalue weighted by atomic mass is 16.4. The molecule has 0 saturated carbocycles. The van der Waals surface area contributed by atoms with Gasteiger partial charge in [-0.05, 0) is 35.7 Å². The molecular formula is C25H13B10NO2. The fourth-order valence-electron chi connectivity index (χ4n) is 4.73. The summed E-state index contributed by atoms with van der Waals surface area (Å²) in [5.41, 5.74) is 3.37. The molecule has 13 heteroatoms. The molecule has 0 saturated heterocycles. The van der Waals surface area contributed by atoms with Crippen LogP contribution < -0.4 is 54.6 Å². The van der Waals surface area contributed by atoms with Crippen LogP contribution in [0.3, 0.4) is 0 Å². The highest BCUT2D eigenvalue weighted by Gasteiger charge is 2.24. The molecule has 3 aromatic carbocycles. The molecule has 0 aliphatic carbocycles. The fraction of sp³-hybridized carbons (Fsp3) is 0.0400. The van der Waals surface area contributed by atoms with Crippen molar-refractivity contribution in [1.29, 1.82) is 0 Å². The number of hydrogen-bond acceptors (Lipinski definition) is 2. The van der Waals surface area contributed by atoms with Gasteiger partial charge in [0.2, 0.25) is 0 Å². The molecule has 0 spiro atoms. The van der Waals surface area contributed by atoms with Gasteiger partial charge in [0.05, 0.1) is 11.2 Å². The average molecular weight is 468 g/mol. The topological polar surface area (TPSA) is 45.4 Å². The first-order chi connectivity index (χ1) is 17.9. The van der Waals surface area contributed by atoms with E-state index in [4.69, 9.17) is 70.6 Å². The second-order valence-corrected chi connectivity index (χ2v) is 8.81. The van der Waals surface area contributed by atoms with Gasteiger partial charge in [-0.15, -0.1) is 16.4 Å². The minimum Gasteiger partial charge on any atom is -0.423 e. The van der Waals surface area contributed by atoms with E-state index < -0.39 is 7.12 Å². The van der Waals surface area contributed by atoms with Crippen molar-refractivity contribution in [2.45, 2.75) is 6.92 Å². The van der Waals surface area contributed by atoms with E-state index in [-0.39, 0.29) is 60.3 Å². The van der Waals surface area contributed by atoms with E-state index >= 15 is 0 Å². The summed E-state index contributed by atoms with van der Waals surface area (Å²) in [4.78, 5) is 0. The Morgan fingerprint density at radius 2 is 1.21 bits per heavy atom. The lowest BCUT2D eigenvalue weighted by atomic mass is 9.56. The zero-order valence-electron chi connectivity index (χ0n) is 20.8. The highest BCUT2D eigenvalue weighted by Crippen LogP contribution is 2.30. The minimum atomic E-state index is -1.66. The van der Waals surface area contributed by atoms with E-state index in [1.54, 1.807) is 28.8 Å². The van der Waals surface area contributed by atoms with E-state index in [1.807, 2.05) is 19.1 Å². The van der Waals surface area contributed by atoms with E-state index in [9.17, 15) is 10.0 Å². The van der Waals surface area contributed by atoms with Crippen molar-refractivity contribution in [3.8, 4) is 16.8 Å². The molecule has 0 bridgehead atoms. The molecule has 4 aromatic rings. The van der Waals surface area contributed by atoms with Gasteiger partial charge >= 0.3 is 7.12 Å². The number of hydrogen-bond donors (Lipinski definition) is 2. The van der Waals surface area contributed by atoms with Crippen molar-refractivity contribution in [1.82, 2.24) is 4.57 Å². The molecule has 18 radical (unpaired) electrons. The van der Waals surface area contributed by atoms with E-state index in [0.717, 1.165) is 0 Å². The van der Waals surface area contributed by atoms with Crippen LogP contribution in [0.25, 0.3) is 39.9 Å². The second-order valence-electron chi connectivity index (χ2n) is 8.81. The highest BCUT2D eigenvalue weighted by molar-refractivity contribution is 6.70. The van der Waals surface area contributed by atoms with Gasteiger partial charge < -0.3 is 14.6 Å². The lowest BCUT2D eigenvalue weighted by Crippen LogP contribution is -2.57. The zero-order chi connectivity index (χ0) is 28.2. The molecule has 0 aliphatic rings. The quantitative estimate of drug-likeness (QED) is 0.287. The molecule has 160 valence electrons. The van der Waals surface area contributed by atoms with Gasteiger partial charge in [0.15, 0.2) is 0 Å². The number of allylic oxidation sites excluding steroid dienone is 1. The van der Waals surface area contributed by atoms with Crippen LogP contribution in [0.4, 0.5) is 0 Å². The van der Waals surface area contributed by atoms with Gasteiger partial charge in [0.25, 0.3) is 0 Å². The first kappa shape index (κ1) is 28.3. The van der Waals surface area contributed by atoms with Gasteiger partial charge in [0.1, 0.15) is 70.6 Å². The van der Waals surface area contributed by atoms with Crippen molar-refractivity contribution in [2.24, 2.45) is 0 Å².